The Morgan fingerprint density at radius 2 is 2.04 bits per heavy atom. The van der Waals surface area contributed by atoms with Gasteiger partial charge in [0.25, 0.3) is 0 Å². The minimum atomic E-state index is 0.0699. The number of methoxy groups -OCH3 is 1. The van der Waals surface area contributed by atoms with Crippen LogP contribution < -0.4 is 5.32 Å². The molecule has 0 unspecified atom stereocenters. The molecule has 0 bridgehead atoms. The van der Waals surface area contributed by atoms with Gasteiger partial charge in [-0.25, -0.2) is 4.98 Å². The van der Waals surface area contributed by atoms with Gasteiger partial charge in [0.1, 0.15) is 0 Å². The van der Waals surface area contributed by atoms with E-state index >= 15 is 0 Å². The van der Waals surface area contributed by atoms with Crippen LogP contribution in [0.2, 0.25) is 0 Å². The molecule has 0 aromatic carbocycles. The van der Waals surface area contributed by atoms with Crippen molar-refractivity contribution in [3.05, 3.63) is 18.7 Å². The molecular formula is C20H33N5O3. The fraction of sp³-hybridized carbons (Fsp3) is 0.750. The fourth-order valence-corrected chi connectivity index (χ4v) is 4.25. The molecule has 3 heterocycles. The van der Waals surface area contributed by atoms with E-state index < -0.39 is 0 Å². The molecule has 0 spiro atoms. The number of nitrogens with zero attached hydrogens (tertiary/aromatic N) is 4. The van der Waals surface area contributed by atoms with E-state index in [0.29, 0.717) is 32.2 Å². The summed E-state index contributed by atoms with van der Waals surface area (Å²) in [4.78, 5) is 33.3. The lowest BCUT2D eigenvalue weighted by atomic mass is 9.93. The zero-order valence-corrected chi connectivity index (χ0v) is 16.9. The summed E-state index contributed by atoms with van der Waals surface area (Å²) in [7, 11) is 1.64. The van der Waals surface area contributed by atoms with Crippen molar-refractivity contribution in [3.8, 4) is 0 Å². The zero-order chi connectivity index (χ0) is 19.8. The molecule has 3 rings (SSSR count). The first-order chi connectivity index (χ1) is 13.7. The summed E-state index contributed by atoms with van der Waals surface area (Å²) in [5.74, 6) is 0.440. The third kappa shape index (κ3) is 5.78. The maximum atomic E-state index is 12.5. The van der Waals surface area contributed by atoms with E-state index in [-0.39, 0.29) is 17.7 Å². The highest BCUT2D eigenvalue weighted by Crippen LogP contribution is 2.24. The molecular weight excluding hydrogens is 358 g/mol. The predicted molar refractivity (Wildman–Crippen MR) is 106 cm³/mol. The SMILES string of the molecule is COCCNC(=O)[C@@H]1CCCN(C2CCN(C(=O)CCn3ccnc3)CC2)C1. The van der Waals surface area contributed by atoms with E-state index in [0.717, 1.165) is 51.9 Å². The largest absolute Gasteiger partial charge is 0.383 e. The van der Waals surface area contributed by atoms with E-state index in [1.165, 1.54) is 0 Å². The second-order valence-electron chi connectivity index (χ2n) is 7.78. The van der Waals surface area contributed by atoms with E-state index in [1.54, 1.807) is 19.6 Å². The summed E-state index contributed by atoms with van der Waals surface area (Å²) in [6, 6.07) is 0.479. The number of hydrogen-bond donors (Lipinski definition) is 1. The molecule has 2 aliphatic rings. The normalized spacial score (nSPS) is 21.6. The van der Waals surface area contributed by atoms with Crippen LogP contribution in [-0.4, -0.2) is 83.6 Å². The van der Waals surface area contributed by atoms with Gasteiger partial charge in [0.15, 0.2) is 0 Å². The van der Waals surface area contributed by atoms with Gasteiger partial charge in [-0.05, 0) is 32.2 Å². The lowest BCUT2D eigenvalue weighted by Gasteiger charge is -2.42. The monoisotopic (exact) mass is 391 g/mol. The lowest BCUT2D eigenvalue weighted by Crippen LogP contribution is -2.51. The van der Waals surface area contributed by atoms with Crippen molar-refractivity contribution in [2.75, 3.05) is 46.4 Å². The van der Waals surface area contributed by atoms with E-state index in [1.807, 2.05) is 15.7 Å². The van der Waals surface area contributed by atoms with Gasteiger partial charge in [-0.15, -0.1) is 0 Å². The number of hydrogen-bond acceptors (Lipinski definition) is 5. The van der Waals surface area contributed by atoms with Crippen LogP contribution in [0.4, 0.5) is 0 Å². The Bertz CT molecular complexity index is 613. The Morgan fingerprint density at radius 3 is 2.75 bits per heavy atom. The number of amides is 2. The Morgan fingerprint density at radius 1 is 1.21 bits per heavy atom. The molecule has 0 saturated carbocycles. The van der Waals surface area contributed by atoms with Crippen LogP contribution in [0.5, 0.6) is 0 Å². The lowest BCUT2D eigenvalue weighted by molar-refractivity contribution is -0.133. The van der Waals surface area contributed by atoms with Gasteiger partial charge in [0.05, 0.1) is 18.9 Å². The maximum absolute atomic E-state index is 12.5. The number of aryl methyl sites for hydroxylation is 1. The molecule has 0 radical (unpaired) electrons. The third-order valence-electron chi connectivity index (χ3n) is 5.91. The van der Waals surface area contributed by atoms with Crippen molar-refractivity contribution >= 4 is 11.8 Å². The van der Waals surface area contributed by atoms with Crippen LogP contribution in [0.15, 0.2) is 18.7 Å². The van der Waals surface area contributed by atoms with E-state index in [2.05, 4.69) is 15.2 Å². The molecule has 8 nitrogen and oxygen atoms in total. The molecule has 1 aromatic rings. The number of carbonyl (C=O) groups is 2. The van der Waals surface area contributed by atoms with Crippen LogP contribution in [0.1, 0.15) is 32.1 Å². The highest BCUT2D eigenvalue weighted by molar-refractivity contribution is 5.79. The molecule has 0 aliphatic carbocycles. The van der Waals surface area contributed by atoms with Crippen LogP contribution in [0.25, 0.3) is 0 Å². The second-order valence-corrected chi connectivity index (χ2v) is 7.78. The number of likely N-dealkylation sites (tertiary alicyclic amines) is 2. The number of carbonyl (C=O) groups excluding carboxylic acids is 2. The molecule has 2 amide bonds. The van der Waals surface area contributed by atoms with Crippen LogP contribution in [0.3, 0.4) is 0 Å². The van der Waals surface area contributed by atoms with Gasteiger partial charge in [-0.3, -0.25) is 14.5 Å². The van der Waals surface area contributed by atoms with Crippen molar-refractivity contribution in [1.29, 1.82) is 0 Å². The molecule has 2 saturated heterocycles. The number of nitrogens with one attached hydrogen (secondary N) is 1. The minimum Gasteiger partial charge on any atom is -0.383 e. The number of piperidine rings is 2. The number of rotatable bonds is 8. The molecule has 2 fully saturated rings. The van der Waals surface area contributed by atoms with Gasteiger partial charge in [-0.2, -0.15) is 0 Å². The number of imidazole rings is 1. The predicted octanol–water partition coefficient (Wildman–Crippen LogP) is 0.739. The highest BCUT2D eigenvalue weighted by atomic mass is 16.5. The highest BCUT2D eigenvalue weighted by Gasteiger charge is 2.32. The Balaban J connectivity index is 1.40. The third-order valence-corrected chi connectivity index (χ3v) is 5.91. The first kappa shape index (κ1) is 20.8. The smallest absolute Gasteiger partial charge is 0.224 e. The second kappa shape index (κ2) is 10.6. The van der Waals surface area contributed by atoms with Gasteiger partial charge in [-0.1, -0.05) is 0 Å². The summed E-state index contributed by atoms with van der Waals surface area (Å²) in [6.45, 7) is 5.33. The Hall–Kier alpha value is -1.93. The van der Waals surface area contributed by atoms with Gasteiger partial charge < -0.3 is 19.5 Å². The molecule has 156 valence electrons. The Labute approximate surface area is 167 Å². The first-order valence-corrected chi connectivity index (χ1v) is 10.4. The standard InChI is InChI=1S/C20H33N5O3/c1-28-14-8-22-20(27)17-3-2-9-25(15-17)18-4-11-24(12-5-18)19(26)6-10-23-13-7-21-16-23/h7,13,16-18H,2-6,8-12,14-15H2,1H3,(H,22,27)/t17-/m1/s1. The van der Waals surface area contributed by atoms with Gasteiger partial charge in [0, 0.05) is 64.7 Å². The summed E-state index contributed by atoms with van der Waals surface area (Å²) < 4.78 is 6.94. The molecule has 1 N–H and O–H groups in total. The number of ether oxygens (including phenoxy) is 1. The fourth-order valence-electron chi connectivity index (χ4n) is 4.25. The average molecular weight is 392 g/mol. The van der Waals surface area contributed by atoms with Crippen LogP contribution in [0, 0.1) is 5.92 Å². The molecule has 8 heteroatoms. The first-order valence-electron chi connectivity index (χ1n) is 10.4. The van der Waals surface area contributed by atoms with Crippen molar-refractivity contribution < 1.29 is 14.3 Å². The summed E-state index contributed by atoms with van der Waals surface area (Å²) in [5.41, 5.74) is 0. The minimum absolute atomic E-state index is 0.0699. The zero-order valence-electron chi connectivity index (χ0n) is 16.9. The quantitative estimate of drug-likeness (QED) is 0.661. The van der Waals surface area contributed by atoms with Crippen LogP contribution in [-0.2, 0) is 20.9 Å². The van der Waals surface area contributed by atoms with Crippen molar-refractivity contribution in [2.45, 2.75) is 44.7 Å². The van der Waals surface area contributed by atoms with E-state index in [9.17, 15) is 9.59 Å². The van der Waals surface area contributed by atoms with Crippen molar-refractivity contribution in [2.24, 2.45) is 5.92 Å². The van der Waals surface area contributed by atoms with Crippen LogP contribution >= 0.6 is 0 Å². The summed E-state index contributed by atoms with van der Waals surface area (Å²) >= 11 is 0. The topological polar surface area (TPSA) is 79.7 Å². The molecule has 2 aliphatic heterocycles. The van der Waals surface area contributed by atoms with Gasteiger partial charge >= 0.3 is 0 Å². The molecule has 28 heavy (non-hydrogen) atoms. The summed E-state index contributed by atoms with van der Waals surface area (Å²) in [6.07, 6.45) is 9.90. The van der Waals surface area contributed by atoms with Gasteiger partial charge in [0.2, 0.25) is 11.8 Å². The number of aromatic nitrogens is 2. The van der Waals surface area contributed by atoms with Crippen molar-refractivity contribution in [3.63, 3.8) is 0 Å². The average Bonchev–Trinajstić information content (AvgIpc) is 3.26. The van der Waals surface area contributed by atoms with Crippen molar-refractivity contribution in [1.82, 2.24) is 24.7 Å². The summed E-state index contributed by atoms with van der Waals surface area (Å²) in [5, 5.41) is 2.97. The van der Waals surface area contributed by atoms with E-state index in [4.69, 9.17) is 4.74 Å². The Kier molecular flexibility index (Phi) is 7.85. The molecule has 1 atom stereocenters. The maximum Gasteiger partial charge on any atom is 0.224 e. The molecule has 1 aromatic heterocycles.